The van der Waals surface area contributed by atoms with Gasteiger partial charge in [0.2, 0.25) is 0 Å². The van der Waals surface area contributed by atoms with Crippen molar-refractivity contribution < 1.29 is 0 Å². The van der Waals surface area contributed by atoms with Gasteiger partial charge in [-0.2, -0.15) is 0 Å². The Kier molecular flexibility index (Phi) is 4.19. The molecule has 0 radical (unpaired) electrons. The second-order valence-corrected chi connectivity index (χ2v) is 7.85. The molecule has 0 saturated carbocycles. The van der Waals surface area contributed by atoms with Crippen LogP contribution in [0, 0.1) is 0 Å². The summed E-state index contributed by atoms with van der Waals surface area (Å²) in [6, 6.07) is 13.9. The predicted octanol–water partition coefficient (Wildman–Crippen LogP) is 5.25. The minimum Gasteiger partial charge on any atom is -0.309 e. The third-order valence-electron chi connectivity index (χ3n) is 4.77. The van der Waals surface area contributed by atoms with Gasteiger partial charge in [-0.15, -0.1) is 11.3 Å². The molecule has 1 aliphatic rings. The van der Waals surface area contributed by atoms with Crippen LogP contribution < -0.4 is 5.32 Å². The smallest absolute Gasteiger partial charge is 0.0323 e. The van der Waals surface area contributed by atoms with Gasteiger partial charge in [0.25, 0.3) is 0 Å². The number of rotatable bonds is 4. The first-order valence-electron chi connectivity index (χ1n) is 7.94. The van der Waals surface area contributed by atoms with Crippen LogP contribution in [0.2, 0.25) is 0 Å². The quantitative estimate of drug-likeness (QED) is 0.812. The van der Waals surface area contributed by atoms with Gasteiger partial charge in [-0.1, -0.05) is 51.1 Å². The van der Waals surface area contributed by atoms with Crippen molar-refractivity contribution in [2.75, 3.05) is 6.54 Å². The summed E-state index contributed by atoms with van der Waals surface area (Å²) in [5, 5.41) is 6.01. The molecule has 0 saturated heterocycles. The molecular weight excluding hydrogens is 274 g/mol. The maximum Gasteiger partial charge on any atom is 0.0323 e. The minimum atomic E-state index is 0.201. The molecule has 21 heavy (non-hydrogen) atoms. The van der Waals surface area contributed by atoms with Crippen LogP contribution in [0.4, 0.5) is 0 Å². The molecule has 1 aromatic carbocycles. The summed E-state index contributed by atoms with van der Waals surface area (Å²) in [4.78, 5) is 1.47. The van der Waals surface area contributed by atoms with Crippen LogP contribution in [0.1, 0.15) is 61.6 Å². The molecule has 0 bridgehead atoms. The van der Waals surface area contributed by atoms with E-state index in [1.165, 1.54) is 28.8 Å². The van der Waals surface area contributed by atoms with Gasteiger partial charge in [-0.3, -0.25) is 0 Å². The van der Waals surface area contributed by atoms with E-state index in [1.54, 1.807) is 0 Å². The van der Waals surface area contributed by atoms with Gasteiger partial charge in [0.1, 0.15) is 0 Å². The van der Waals surface area contributed by atoms with Crippen molar-refractivity contribution in [1.29, 1.82) is 0 Å². The van der Waals surface area contributed by atoms with Gasteiger partial charge in [-0.05, 0) is 41.3 Å². The third-order valence-corrected chi connectivity index (χ3v) is 6.01. The number of nitrogens with one attached hydrogen (secondary N) is 1. The van der Waals surface area contributed by atoms with Crippen molar-refractivity contribution in [2.24, 2.45) is 0 Å². The lowest BCUT2D eigenvalue weighted by atomic mass is 9.80. The Labute approximate surface area is 132 Å². The average molecular weight is 299 g/mol. The fraction of sp³-hybridized carbons (Fsp3) is 0.474. The summed E-state index contributed by atoms with van der Waals surface area (Å²) < 4.78 is 0. The zero-order chi connectivity index (χ0) is 14.9. The van der Waals surface area contributed by atoms with E-state index in [4.69, 9.17) is 0 Å². The first kappa shape index (κ1) is 14.8. The molecule has 0 spiro atoms. The van der Waals surface area contributed by atoms with Gasteiger partial charge in [0, 0.05) is 22.9 Å². The molecule has 0 fully saturated rings. The summed E-state index contributed by atoms with van der Waals surface area (Å²) in [6.07, 6.45) is 2.53. The fourth-order valence-electron chi connectivity index (χ4n) is 3.35. The maximum absolute atomic E-state index is 3.83. The van der Waals surface area contributed by atoms with E-state index in [0.717, 1.165) is 6.54 Å². The summed E-state index contributed by atoms with van der Waals surface area (Å²) >= 11 is 1.86. The van der Waals surface area contributed by atoms with Crippen molar-refractivity contribution in [2.45, 2.75) is 51.0 Å². The van der Waals surface area contributed by atoms with E-state index >= 15 is 0 Å². The largest absolute Gasteiger partial charge is 0.309 e. The first-order valence-corrected chi connectivity index (χ1v) is 8.82. The summed E-state index contributed by atoms with van der Waals surface area (Å²) in [6.45, 7) is 8.05. The predicted molar refractivity (Wildman–Crippen MR) is 92.2 cm³/mol. The molecular formula is C19H25NS. The third kappa shape index (κ3) is 3.07. The van der Waals surface area contributed by atoms with Crippen LogP contribution in [-0.2, 0) is 5.41 Å². The number of hydrogen-bond donors (Lipinski definition) is 1. The molecule has 3 rings (SSSR count). The van der Waals surface area contributed by atoms with Crippen LogP contribution in [0.15, 0.2) is 41.8 Å². The van der Waals surface area contributed by atoms with Crippen LogP contribution in [0.3, 0.4) is 0 Å². The van der Waals surface area contributed by atoms with Crippen molar-refractivity contribution >= 4 is 11.3 Å². The monoisotopic (exact) mass is 299 g/mol. The van der Waals surface area contributed by atoms with Crippen molar-refractivity contribution in [3.8, 4) is 0 Å². The van der Waals surface area contributed by atoms with E-state index in [9.17, 15) is 0 Å². The van der Waals surface area contributed by atoms with Crippen molar-refractivity contribution in [3.63, 3.8) is 0 Å². The number of hydrogen-bond acceptors (Lipinski definition) is 2. The highest BCUT2D eigenvalue weighted by Crippen LogP contribution is 2.37. The Bertz CT molecular complexity index is 585. The molecule has 0 amide bonds. The lowest BCUT2D eigenvalue weighted by molar-refractivity contribution is 0.383. The molecule has 2 heteroatoms. The molecule has 1 heterocycles. The van der Waals surface area contributed by atoms with Crippen LogP contribution in [-0.4, -0.2) is 6.54 Å². The Hall–Kier alpha value is -1.12. The second-order valence-electron chi connectivity index (χ2n) is 6.90. The summed E-state index contributed by atoms with van der Waals surface area (Å²) in [5.41, 5.74) is 3.25. The molecule has 1 aromatic heterocycles. The maximum atomic E-state index is 3.83. The highest BCUT2D eigenvalue weighted by Gasteiger charge is 2.27. The lowest BCUT2D eigenvalue weighted by Crippen LogP contribution is -2.36. The Balaban J connectivity index is 1.73. The van der Waals surface area contributed by atoms with E-state index in [1.807, 2.05) is 11.3 Å². The van der Waals surface area contributed by atoms with Gasteiger partial charge in [-0.25, -0.2) is 0 Å². The zero-order valence-corrected chi connectivity index (χ0v) is 14.0. The van der Waals surface area contributed by atoms with Crippen LogP contribution in [0.25, 0.3) is 0 Å². The standard InChI is InChI=1S/C19H25NS/c1-14-10-11-17(16-8-5-4-7-15(14)16)20-13-19(2,3)18-9-6-12-21-18/h4-9,12,14,17,20H,10-11,13H2,1-3H3. The van der Waals surface area contributed by atoms with E-state index in [0.29, 0.717) is 12.0 Å². The highest BCUT2D eigenvalue weighted by atomic mass is 32.1. The fourth-order valence-corrected chi connectivity index (χ4v) is 4.20. The van der Waals surface area contributed by atoms with Crippen molar-refractivity contribution in [3.05, 3.63) is 57.8 Å². The number of thiophene rings is 1. The molecule has 0 aliphatic heterocycles. The molecule has 1 nitrogen and oxygen atoms in total. The van der Waals surface area contributed by atoms with E-state index in [-0.39, 0.29) is 5.41 Å². The molecule has 1 N–H and O–H groups in total. The van der Waals surface area contributed by atoms with Gasteiger partial charge >= 0.3 is 0 Å². The first-order chi connectivity index (χ1) is 10.1. The van der Waals surface area contributed by atoms with Gasteiger partial charge in [0.05, 0.1) is 0 Å². The van der Waals surface area contributed by atoms with Crippen LogP contribution in [0.5, 0.6) is 0 Å². The van der Waals surface area contributed by atoms with Gasteiger partial charge < -0.3 is 5.32 Å². The minimum absolute atomic E-state index is 0.201. The second kappa shape index (κ2) is 5.94. The van der Waals surface area contributed by atoms with E-state index < -0.39 is 0 Å². The topological polar surface area (TPSA) is 12.0 Å². The Morgan fingerprint density at radius 1 is 1.10 bits per heavy atom. The van der Waals surface area contributed by atoms with Crippen molar-refractivity contribution in [1.82, 2.24) is 5.32 Å². The number of benzene rings is 1. The molecule has 1 aliphatic carbocycles. The normalized spacial score (nSPS) is 22.0. The summed E-state index contributed by atoms with van der Waals surface area (Å²) in [5.74, 6) is 0.699. The van der Waals surface area contributed by atoms with Crippen LogP contribution >= 0.6 is 11.3 Å². The Morgan fingerprint density at radius 3 is 2.57 bits per heavy atom. The number of fused-ring (bicyclic) bond motifs is 1. The van der Waals surface area contributed by atoms with E-state index in [2.05, 4.69) is 67.9 Å². The lowest BCUT2D eigenvalue weighted by Gasteiger charge is -2.33. The Morgan fingerprint density at radius 2 is 1.86 bits per heavy atom. The molecule has 2 atom stereocenters. The SMILES string of the molecule is CC1CCC(NCC(C)(C)c2cccs2)c2ccccc21. The molecule has 2 aromatic rings. The van der Waals surface area contributed by atoms with Gasteiger partial charge in [0.15, 0.2) is 0 Å². The zero-order valence-electron chi connectivity index (χ0n) is 13.2. The summed E-state index contributed by atoms with van der Waals surface area (Å²) in [7, 11) is 0. The molecule has 112 valence electrons. The molecule has 2 unspecified atom stereocenters. The highest BCUT2D eigenvalue weighted by molar-refractivity contribution is 7.10. The average Bonchev–Trinajstić information content (AvgIpc) is 3.02.